The van der Waals surface area contributed by atoms with Crippen molar-refractivity contribution < 1.29 is 32.0 Å². The lowest BCUT2D eigenvalue weighted by molar-refractivity contribution is -0.274. The Morgan fingerprint density at radius 2 is 1.97 bits per heavy atom. The highest BCUT2D eigenvalue weighted by molar-refractivity contribution is 5.89. The summed E-state index contributed by atoms with van der Waals surface area (Å²) in [6.45, 7) is 2.14. The number of halogens is 3. The van der Waals surface area contributed by atoms with E-state index in [4.69, 9.17) is 9.26 Å². The van der Waals surface area contributed by atoms with E-state index in [2.05, 4.69) is 30.1 Å². The molecule has 0 radical (unpaired) electrons. The van der Waals surface area contributed by atoms with Crippen molar-refractivity contribution in [2.75, 3.05) is 6.61 Å². The number of carbonyl (C=O) groups excluding carboxylic acids is 1. The first kappa shape index (κ1) is 24.6. The fourth-order valence-corrected chi connectivity index (χ4v) is 4.95. The largest absolute Gasteiger partial charge is 0.573 e. The average molecular weight is 538 g/mol. The first-order chi connectivity index (χ1) is 18.8. The zero-order chi connectivity index (χ0) is 27.1. The molecule has 5 aromatic rings. The van der Waals surface area contributed by atoms with Gasteiger partial charge < -0.3 is 19.0 Å². The second kappa shape index (κ2) is 9.57. The van der Waals surface area contributed by atoms with Gasteiger partial charge in [0.15, 0.2) is 0 Å². The van der Waals surface area contributed by atoms with Gasteiger partial charge in [0.2, 0.25) is 5.82 Å². The number of ether oxygens (including phenoxy) is 2. The van der Waals surface area contributed by atoms with Crippen LogP contribution in [0.1, 0.15) is 36.9 Å². The molecule has 1 atom stereocenters. The van der Waals surface area contributed by atoms with Crippen LogP contribution in [0.5, 0.6) is 5.75 Å². The number of nitrogens with one attached hydrogen (secondary N) is 1. The fourth-order valence-electron chi connectivity index (χ4n) is 4.95. The van der Waals surface area contributed by atoms with E-state index in [9.17, 15) is 18.0 Å². The summed E-state index contributed by atoms with van der Waals surface area (Å²) in [5, 5.41) is 12.5. The van der Waals surface area contributed by atoms with Crippen molar-refractivity contribution in [1.29, 1.82) is 0 Å². The quantitative estimate of drug-likeness (QED) is 0.276. The number of carbonyl (C=O) groups is 1. The summed E-state index contributed by atoms with van der Waals surface area (Å²) in [4.78, 5) is 19.9. The molecule has 0 saturated carbocycles. The van der Waals surface area contributed by atoms with Gasteiger partial charge in [-0.1, -0.05) is 5.16 Å². The molecule has 0 aliphatic heterocycles. The number of aromatic nitrogens is 6. The van der Waals surface area contributed by atoms with Gasteiger partial charge in [-0.15, -0.1) is 23.4 Å². The summed E-state index contributed by atoms with van der Waals surface area (Å²) in [5.41, 5.74) is 4.32. The number of fused-ring (bicyclic) bond motifs is 3. The van der Waals surface area contributed by atoms with Crippen LogP contribution in [0.2, 0.25) is 0 Å². The molecule has 13 heteroatoms. The van der Waals surface area contributed by atoms with E-state index >= 15 is 0 Å². The average Bonchev–Trinajstić information content (AvgIpc) is 3.68. The highest BCUT2D eigenvalue weighted by atomic mass is 19.4. The van der Waals surface area contributed by atoms with E-state index in [1.54, 1.807) is 13.0 Å². The highest BCUT2D eigenvalue weighted by Crippen LogP contribution is 2.40. The maximum absolute atomic E-state index is 13.0. The van der Waals surface area contributed by atoms with Crippen molar-refractivity contribution in [3.05, 3.63) is 60.3 Å². The van der Waals surface area contributed by atoms with Gasteiger partial charge >= 0.3 is 12.3 Å². The second-order valence-electron chi connectivity index (χ2n) is 9.08. The third kappa shape index (κ3) is 4.94. The molecule has 6 rings (SSSR count). The van der Waals surface area contributed by atoms with Crippen LogP contribution < -0.4 is 4.74 Å². The van der Waals surface area contributed by atoms with E-state index in [1.807, 2.05) is 18.2 Å². The topological polar surface area (TPSA) is 121 Å². The molecule has 39 heavy (non-hydrogen) atoms. The van der Waals surface area contributed by atoms with Crippen molar-refractivity contribution in [3.63, 3.8) is 0 Å². The van der Waals surface area contributed by atoms with Crippen molar-refractivity contribution in [3.8, 4) is 34.3 Å². The Morgan fingerprint density at radius 3 is 2.74 bits per heavy atom. The molecule has 1 unspecified atom stereocenters. The number of H-pyrrole nitrogens is 1. The Morgan fingerprint density at radius 1 is 1.15 bits per heavy atom. The minimum atomic E-state index is -4.88. The van der Waals surface area contributed by atoms with Crippen LogP contribution in [-0.4, -0.2) is 48.8 Å². The first-order valence-electron chi connectivity index (χ1n) is 12.2. The molecule has 200 valence electrons. The third-order valence-electron chi connectivity index (χ3n) is 6.58. The Hall–Kier alpha value is -4.68. The summed E-state index contributed by atoms with van der Waals surface area (Å²) in [6.07, 6.45) is -0.210. The van der Waals surface area contributed by atoms with Gasteiger partial charge in [0.25, 0.3) is 5.89 Å². The van der Waals surface area contributed by atoms with E-state index in [0.717, 1.165) is 35.0 Å². The molecule has 1 aliphatic carbocycles. The number of nitrogens with zero attached hydrogens (tertiary/aromatic N) is 5. The SMILES string of the molecule is CCOC(=O)CC1CCc2c1[nH]c1ccc(-c3noc(-c4cc(OC(F)(F)F)cc(-n5cnnc5)c4)n3)cc21. The molecular weight excluding hydrogens is 517 g/mol. The number of aryl methyl sites for hydroxylation is 1. The normalized spacial score (nSPS) is 15.0. The minimum Gasteiger partial charge on any atom is -0.466 e. The van der Waals surface area contributed by atoms with Crippen LogP contribution >= 0.6 is 0 Å². The van der Waals surface area contributed by atoms with Crippen LogP contribution in [0, 0.1) is 0 Å². The minimum absolute atomic E-state index is 0.0147. The molecule has 0 amide bonds. The lowest BCUT2D eigenvalue weighted by atomic mass is 10.0. The van der Waals surface area contributed by atoms with Gasteiger partial charge in [-0.05, 0) is 55.7 Å². The highest BCUT2D eigenvalue weighted by Gasteiger charge is 2.32. The van der Waals surface area contributed by atoms with Gasteiger partial charge in [0.1, 0.15) is 18.4 Å². The maximum Gasteiger partial charge on any atom is 0.573 e. The molecule has 10 nitrogen and oxygen atoms in total. The number of esters is 1. The number of hydrogen-bond donors (Lipinski definition) is 1. The molecular formula is C26H21F3N6O4. The molecule has 1 aliphatic rings. The predicted octanol–water partition coefficient (Wildman–Crippen LogP) is 5.35. The third-order valence-corrected chi connectivity index (χ3v) is 6.58. The predicted molar refractivity (Wildman–Crippen MR) is 131 cm³/mol. The maximum atomic E-state index is 13.0. The molecule has 1 N–H and O–H groups in total. The van der Waals surface area contributed by atoms with Crippen LogP contribution in [-0.2, 0) is 16.0 Å². The molecule has 0 saturated heterocycles. The van der Waals surface area contributed by atoms with Crippen LogP contribution in [0.4, 0.5) is 13.2 Å². The molecule has 0 bridgehead atoms. The molecule has 3 aromatic heterocycles. The lowest BCUT2D eigenvalue weighted by Crippen LogP contribution is -2.17. The number of benzene rings is 2. The van der Waals surface area contributed by atoms with E-state index in [0.29, 0.717) is 24.3 Å². The van der Waals surface area contributed by atoms with Gasteiger partial charge in [0, 0.05) is 39.7 Å². The van der Waals surface area contributed by atoms with Gasteiger partial charge in [-0.2, -0.15) is 4.98 Å². The van der Waals surface area contributed by atoms with Crippen LogP contribution in [0.3, 0.4) is 0 Å². The molecule has 3 heterocycles. The summed E-state index contributed by atoms with van der Waals surface area (Å²) in [6, 6.07) is 9.61. The summed E-state index contributed by atoms with van der Waals surface area (Å²) in [7, 11) is 0. The zero-order valence-electron chi connectivity index (χ0n) is 20.5. The van der Waals surface area contributed by atoms with Crippen LogP contribution in [0.15, 0.2) is 53.6 Å². The van der Waals surface area contributed by atoms with Gasteiger partial charge in [-0.25, -0.2) is 0 Å². The zero-order valence-corrected chi connectivity index (χ0v) is 20.5. The monoisotopic (exact) mass is 538 g/mol. The van der Waals surface area contributed by atoms with E-state index in [-0.39, 0.29) is 29.2 Å². The summed E-state index contributed by atoms with van der Waals surface area (Å²) < 4.78 is 55.0. The summed E-state index contributed by atoms with van der Waals surface area (Å²) >= 11 is 0. The number of alkyl halides is 3. The molecule has 0 spiro atoms. The van der Waals surface area contributed by atoms with E-state index in [1.165, 1.54) is 29.4 Å². The Bertz CT molecular complexity index is 1660. The molecule has 0 fully saturated rings. The van der Waals surface area contributed by atoms with Crippen LogP contribution in [0.25, 0.3) is 39.4 Å². The van der Waals surface area contributed by atoms with Crippen molar-refractivity contribution >= 4 is 16.9 Å². The van der Waals surface area contributed by atoms with Crippen molar-refractivity contribution in [1.82, 2.24) is 29.9 Å². The Labute approximate surface area is 218 Å². The fraction of sp³-hybridized carbons (Fsp3) is 0.269. The van der Waals surface area contributed by atoms with Crippen molar-refractivity contribution in [2.45, 2.75) is 38.5 Å². The first-order valence-corrected chi connectivity index (χ1v) is 12.2. The number of hydrogen-bond acceptors (Lipinski definition) is 8. The Kier molecular flexibility index (Phi) is 6.04. The van der Waals surface area contributed by atoms with Crippen molar-refractivity contribution in [2.24, 2.45) is 0 Å². The second-order valence-corrected chi connectivity index (χ2v) is 9.08. The number of rotatable bonds is 7. The van der Waals surface area contributed by atoms with Gasteiger partial charge in [-0.3, -0.25) is 9.36 Å². The van der Waals surface area contributed by atoms with E-state index < -0.39 is 12.1 Å². The Balaban J connectivity index is 1.32. The lowest BCUT2D eigenvalue weighted by Gasteiger charge is -2.11. The molecule has 2 aromatic carbocycles. The van der Waals surface area contributed by atoms with Gasteiger partial charge in [0.05, 0.1) is 18.7 Å². The summed E-state index contributed by atoms with van der Waals surface area (Å²) in [5.74, 6) is -0.314. The standard InChI is InChI=1S/C26H21F3N6O4/c1-2-37-22(36)10-14-3-5-19-20-9-15(4-6-21(20)32-23(14)19)24-33-25(39-34-24)16-7-17(35-12-30-31-13-35)11-18(8-16)38-26(27,28)29/h4,6-9,11-14,32H,2-3,5,10H2,1H3. The smallest absolute Gasteiger partial charge is 0.466 e. The number of aromatic amines is 1.